The van der Waals surface area contributed by atoms with Crippen LogP contribution in [0.4, 0.5) is 0 Å². The van der Waals surface area contributed by atoms with Gasteiger partial charge in [-0.1, -0.05) is 25.7 Å². The molecule has 0 saturated carbocycles. The number of aromatic amines is 1. The average molecular weight is 457 g/mol. The minimum atomic E-state index is -4.34. The molecule has 2 heterocycles. The second kappa shape index (κ2) is 8.99. The van der Waals surface area contributed by atoms with Crippen molar-refractivity contribution >= 4 is 25.9 Å². The van der Waals surface area contributed by atoms with E-state index in [2.05, 4.69) is 4.98 Å². The Balaban J connectivity index is 2.41. The molecular formula is C14H23N2O9P2S-. The Morgan fingerprint density at radius 2 is 2.04 bits per heavy atom. The van der Waals surface area contributed by atoms with Crippen molar-refractivity contribution < 1.29 is 33.2 Å². The standard InChI is InChI=1S/C14H24N2O9P2S/c1-8(2)27(22,28)25-11-9(5-7-26(19,20)21)24-13(12(11)23-3)16-6-4-10(17)15-14(16)18/h4,6,8-9,11-13H,5,7H2,1-3H3,(H,22,28)(H,15,17,18)(H2,19,20,21)/p-1/t9-,11+,12?,13-,27?/m1/s1. The van der Waals surface area contributed by atoms with Gasteiger partial charge in [0, 0.05) is 19.4 Å². The summed E-state index contributed by atoms with van der Waals surface area (Å²) in [7, 11) is -3.02. The number of aromatic nitrogens is 2. The molecule has 1 saturated heterocycles. The number of hydrogen-bond acceptors (Lipinski definition) is 8. The molecule has 1 fully saturated rings. The summed E-state index contributed by atoms with van der Waals surface area (Å²) in [6.07, 6.45) is -3.47. The average Bonchev–Trinajstić information content (AvgIpc) is 2.88. The predicted molar refractivity (Wildman–Crippen MR) is 102 cm³/mol. The number of H-pyrrole nitrogens is 1. The highest BCUT2D eigenvalue weighted by molar-refractivity contribution is 8.09. The molecule has 0 spiro atoms. The van der Waals surface area contributed by atoms with Gasteiger partial charge in [0.05, 0.1) is 12.3 Å². The van der Waals surface area contributed by atoms with Crippen molar-refractivity contribution in [1.29, 1.82) is 0 Å². The van der Waals surface area contributed by atoms with Gasteiger partial charge < -0.3 is 28.7 Å². The summed E-state index contributed by atoms with van der Waals surface area (Å²) in [4.78, 5) is 56.5. The number of methoxy groups -OCH3 is 1. The molecule has 1 aromatic heterocycles. The maximum Gasteiger partial charge on any atom is 0.330 e. The summed E-state index contributed by atoms with van der Waals surface area (Å²) in [6, 6.07) is 1.11. The van der Waals surface area contributed by atoms with Crippen molar-refractivity contribution in [3.05, 3.63) is 33.1 Å². The van der Waals surface area contributed by atoms with Gasteiger partial charge in [0.1, 0.15) is 12.2 Å². The monoisotopic (exact) mass is 457 g/mol. The van der Waals surface area contributed by atoms with E-state index in [-0.39, 0.29) is 6.42 Å². The number of rotatable bonds is 8. The first kappa shape index (κ1) is 23.6. The third-order valence-electron chi connectivity index (χ3n) is 4.29. The zero-order valence-electron chi connectivity index (χ0n) is 15.5. The van der Waals surface area contributed by atoms with Crippen LogP contribution in [0.1, 0.15) is 26.5 Å². The Kier molecular flexibility index (Phi) is 7.58. The summed E-state index contributed by atoms with van der Waals surface area (Å²) in [5, 5.41) is 0. The molecule has 0 radical (unpaired) electrons. The summed E-state index contributed by atoms with van der Waals surface area (Å²) in [6.45, 7) is -0.270. The van der Waals surface area contributed by atoms with Gasteiger partial charge in [-0.3, -0.25) is 18.9 Å². The van der Waals surface area contributed by atoms with Gasteiger partial charge in [-0.05, 0) is 18.6 Å². The first-order valence-electron chi connectivity index (χ1n) is 8.39. The SMILES string of the molecule is COC1[C@@H](OP([O-])(=S)C(C)C)[C@@H](CCP(=O)(O)O)O[C@H]1n1ccc(=O)[nH]c1=O. The van der Waals surface area contributed by atoms with Gasteiger partial charge in [-0.2, -0.15) is 0 Å². The van der Waals surface area contributed by atoms with Crippen molar-refractivity contribution in [3.8, 4) is 0 Å². The van der Waals surface area contributed by atoms with Crippen molar-refractivity contribution in [2.45, 2.75) is 50.5 Å². The zero-order chi connectivity index (χ0) is 21.3. The molecule has 0 aromatic carbocycles. The van der Waals surface area contributed by atoms with Gasteiger partial charge in [0.15, 0.2) is 6.23 Å². The van der Waals surface area contributed by atoms with Crippen LogP contribution in [0.2, 0.25) is 0 Å². The van der Waals surface area contributed by atoms with Crippen LogP contribution in [0.15, 0.2) is 21.9 Å². The van der Waals surface area contributed by atoms with Crippen molar-refractivity contribution in [3.63, 3.8) is 0 Å². The molecule has 2 rings (SSSR count). The maximum absolute atomic E-state index is 12.6. The minimum Gasteiger partial charge on any atom is -0.800 e. The van der Waals surface area contributed by atoms with E-state index in [0.717, 1.165) is 10.6 Å². The van der Waals surface area contributed by atoms with Crippen molar-refractivity contribution in [2.75, 3.05) is 13.3 Å². The lowest BCUT2D eigenvalue weighted by Crippen LogP contribution is -2.40. The van der Waals surface area contributed by atoms with E-state index in [9.17, 15) is 28.8 Å². The smallest absolute Gasteiger partial charge is 0.330 e. The lowest BCUT2D eigenvalue weighted by Gasteiger charge is -2.37. The molecule has 0 aliphatic carbocycles. The lowest BCUT2D eigenvalue weighted by atomic mass is 10.1. The molecule has 1 aliphatic heterocycles. The third kappa shape index (κ3) is 5.69. The Morgan fingerprint density at radius 1 is 1.39 bits per heavy atom. The predicted octanol–water partition coefficient (Wildman–Crippen LogP) is -0.520. The molecule has 0 bridgehead atoms. The Labute approximate surface area is 166 Å². The summed E-state index contributed by atoms with van der Waals surface area (Å²) in [5.41, 5.74) is -1.86. The first-order chi connectivity index (χ1) is 12.9. The maximum atomic E-state index is 12.6. The second-order valence-electron chi connectivity index (χ2n) is 6.66. The van der Waals surface area contributed by atoms with Crippen LogP contribution < -0.4 is 16.1 Å². The van der Waals surface area contributed by atoms with E-state index < -0.39 is 61.7 Å². The fourth-order valence-electron chi connectivity index (χ4n) is 2.76. The summed E-state index contributed by atoms with van der Waals surface area (Å²) >= 11 is 5.07. The van der Waals surface area contributed by atoms with Crippen LogP contribution in [0, 0.1) is 0 Å². The van der Waals surface area contributed by atoms with Crippen molar-refractivity contribution in [2.24, 2.45) is 0 Å². The molecule has 11 nitrogen and oxygen atoms in total. The van der Waals surface area contributed by atoms with E-state index in [0.29, 0.717) is 0 Å². The van der Waals surface area contributed by atoms with E-state index in [1.165, 1.54) is 13.3 Å². The van der Waals surface area contributed by atoms with E-state index in [1.807, 2.05) is 0 Å². The second-order valence-corrected chi connectivity index (χ2v) is 12.3. The van der Waals surface area contributed by atoms with E-state index in [1.54, 1.807) is 13.8 Å². The fourth-order valence-corrected chi connectivity index (χ4v) is 4.48. The molecule has 28 heavy (non-hydrogen) atoms. The molecule has 1 aliphatic rings. The topological polar surface area (TPSA) is 163 Å². The van der Waals surface area contributed by atoms with Crippen LogP contribution >= 0.6 is 14.1 Å². The van der Waals surface area contributed by atoms with Gasteiger partial charge in [-0.25, -0.2) is 4.79 Å². The molecule has 1 aromatic rings. The highest BCUT2D eigenvalue weighted by Crippen LogP contribution is 2.49. The van der Waals surface area contributed by atoms with Gasteiger partial charge in [0.2, 0.25) is 0 Å². The summed E-state index contributed by atoms with van der Waals surface area (Å²) in [5.74, 6) is 0. The molecule has 0 amide bonds. The molecule has 5 atom stereocenters. The highest BCUT2D eigenvalue weighted by Gasteiger charge is 2.48. The Bertz CT molecular complexity index is 895. The van der Waals surface area contributed by atoms with Gasteiger partial charge >= 0.3 is 13.3 Å². The van der Waals surface area contributed by atoms with Crippen LogP contribution in [-0.4, -0.2) is 56.6 Å². The highest BCUT2D eigenvalue weighted by atomic mass is 32.5. The van der Waals surface area contributed by atoms with E-state index >= 15 is 0 Å². The number of nitrogens with one attached hydrogen (secondary N) is 1. The Hall–Kier alpha value is -0.680. The third-order valence-corrected chi connectivity index (χ3v) is 8.46. The van der Waals surface area contributed by atoms with Crippen LogP contribution in [0.5, 0.6) is 0 Å². The normalized spacial score (nSPS) is 27.8. The fraction of sp³-hybridized carbons (Fsp3) is 0.714. The van der Waals surface area contributed by atoms with Crippen LogP contribution in [0.25, 0.3) is 0 Å². The zero-order valence-corrected chi connectivity index (χ0v) is 18.1. The minimum absolute atomic E-state index is 0.142. The van der Waals surface area contributed by atoms with Crippen molar-refractivity contribution in [1.82, 2.24) is 9.55 Å². The molecule has 3 N–H and O–H groups in total. The molecule has 14 heteroatoms. The largest absolute Gasteiger partial charge is 0.800 e. The van der Waals surface area contributed by atoms with Gasteiger partial charge in [-0.15, -0.1) is 0 Å². The quantitative estimate of drug-likeness (QED) is 0.433. The first-order valence-corrected chi connectivity index (χ1v) is 12.9. The number of ether oxygens (including phenoxy) is 2. The number of hydrogen-bond donors (Lipinski definition) is 3. The lowest BCUT2D eigenvalue weighted by molar-refractivity contribution is -0.192. The molecular weight excluding hydrogens is 434 g/mol. The Morgan fingerprint density at radius 3 is 2.54 bits per heavy atom. The van der Waals surface area contributed by atoms with E-state index in [4.69, 9.17) is 25.8 Å². The summed E-state index contributed by atoms with van der Waals surface area (Å²) < 4.78 is 29.2. The number of nitrogens with zero attached hydrogens (tertiary/aromatic N) is 1. The van der Waals surface area contributed by atoms with Gasteiger partial charge in [0.25, 0.3) is 5.56 Å². The molecule has 2 unspecified atom stereocenters. The van der Waals surface area contributed by atoms with Crippen LogP contribution in [-0.2, 0) is 30.4 Å². The molecule has 160 valence electrons. The van der Waals surface area contributed by atoms with Crippen LogP contribution in [0.3, 0.4) is 0 Å².